The normalized spacial score (nSPS) is 18.0. The van der Waals surface area contributed by atoms with Gasteiger partial charge in [-0.15, -0.1) is 11.8 Å². The fraction of sp³-hybridized carbons (Fsp3) is 0.467. The summed E-state index contributed by atoms with van der Waals surface area (Å²) in [5, 5.41) is 8.75. The van der Waals surface area contributed by atoms with Gasteiger partial charge in [0, 0.05) is 25.3 Å². The number of carboxylic acid groups (broad SMARTS) is 1. The number of carbonyl (C=O) groups is 2. The van der Waals surface area contributed by atoms with Crippen molar-refractivity contribution in [3.05, 3.63) is 35.6 Å². The highest BCUT2D eigenvalue weighted by Crippen LogP contribution is 2.21. The van der Waals surface area contributed by atoms with Gasteiger partial charge in [-0.3, -0.25) is 9.59 Å². The van der Waals surface area contributed by atoms with Gasteiger partial charge in [0.1, 0.15) is 5.82 Å². The highest BCUT2D eigenvalue weighted by Gasteiger charge is 2.27. The standard InChI is InChI=1S/C15H18FNO3S/c16-13-3-1-11(2-4-13)9-21-10-14(18)17-6-5-12(8-17)7-15(19)20/h1-4,12H,5-10H2,(H,19,20). The fourth-order valence-electron chi connectivity index (χ4n) is 2.40. The Hall–Kier alpha value is -1.56. The van der Waals surface area contributed by atoms with E-state index >= 15 is 0 Å². The first-order chi connectivity index (χ1) is 10.0. The number of halogens is 1. The van der Waals surface area contributed by atoms with Crippen molar-refractivity contribution in [2.24, 2.45) is 5.92 Å². The number of rotatable bonds is 6. The van der Waals surface area contributed by atoms with Gasteiger partial charge in [-0.2, -0.15) is 0 Å². The maximum Gasteiger partial charge on any atom is 0.303 e. The first-order valence-electron chi connectivity index (χ1n) is 6.86. The first-order valence-corrected chi connectivity index (χ1v) is 8.02. The molecule has 1 heterocycles. The van der Waals surface area contributed by atoms with E-state index in [0.29, 0.717) is 24.6 Å². The fourth-order valence-corrected chi connectivity index (χ4v) is 3.29. The van der Waals surface area contributed by atoms with E-state index in [0.717, 1.165) is 12.0 Å². The summed E-state index contributed by atoms with van der Waals surface area (Å²) in [7, 11) is 0. The van der Waals surface area contributed by atoms with Gasteiger partial charge in [0.25, 0.3) is 0 Å². The number of amides is 1. The van der Waals surface area contributed by atoms with Crippen LogP contribution in [0, 0.1) is 11.7 Å². The van der Waals surface area contributed by atoms with E-state index in [9.17, 15) is 14.0 Å². The summed E-state index contributed by atoms with van der Waals surface area (Å²) in [5.41, 5.74) is 0.986. The minimum absolute atomic E-state index is 0.0509. The van der Waals surface area contributed by atoms with Crippen molar-refractivity contribution >= 4 is 23.6 Å². The average molecular weight is 311 g/mol. The van der Waals surface area contributed by atoms with Crippen molar-refractivity contribution in [3.63, 3.8) is 0 Å². The summed E-state index contributed by atoms with van der Waals surface area (Å²) in [6.07, 6.45) is 0.896. The second kappa shape index (κ2) is 7.45. The van der Waals surface area contributed by atoms with Gasteiger partial charge < -0.3 is 10.0 Å². The molecule has 1 atom stereocenters. The van der Waals surface area contributed by atoms with E-state index in [-0.39, 0.29) is 24.1 Å². The number of hydrogen-bond donors (Lipinski definition) is 1. The van der Waals surface area contributed by atoms with Crippen molar-refractivity contribution in [1.82, 2.24) is 4.90 Å². The van der Waals surface area contributed by atoms with Crippen LogP contribution >= 0.6 is 11.8 Å². The van der Waals surface area contributed by atoms with Gasteiger partial charge in [0.15, 0.2) is 0 Å². The third-order valence-electron chi connectivity index (χ3n) is 3.51. The molecule has 114 valence electrons. The van der Waals surface area contributed by atoms with E-state index < -0.39 is 5.97 Å². The largest absolute Gasteiger partial charge is 0.481 e. The zero-order chi connectivity index (χ0) is 15.2. The summed E-state index contributed by atoms with van der Waals surface area (Å²) in [5.74, 6) is 0.0974. The van der Waals surface area contributed by atoms with Gasteiger partial charge >= 0.3 is 5.97 Å². The maximum absolute atomic E-state index is 12.8. The molecule has 4 nitrogen and oxygen atoms in total. The third kappa shape index (κ3) is 5.04. The van der Waals surface area contributed by atoms with Gasteiger partial charge in [-0.1, -0.05) is 12.1 Å². The summed E-state index contributed by atoms with van der Waals surface area (Å²) in [4.78, 5) is 24.4. The van der Waals surface area contributed by atoms with Crippen molar-refractivity contribution in [3.8, 4) is 0 Å². The molecule has 2 rings (SSSR count). The lowest BCUT2D eigenvalue weighted by atomic mass is 10.1. The lowest BCUT2D eigenvalue weighted by Gasteiger charge is -2.16. The molecule has 1 amide bonds. The molecular formula is C15H18FNO3S. The monoisotopic (exact) mass is 311 g/mol. The molecule has 1 N–H and O–H groups in total. The van der Waals surface area contributed by atoms with Gasteiger partial charge in [-0.25, -0.2) is 4.39 Å². The van der Waals surface area contributed by atoms with Crippen molar-refractivity contribution < 1.29 is 19.1 Å². The highest BCUT2D eigenvalue weighted by atomic mass is 32.2. The summed E-state index contributed by atoms with van der Waals surface area (Å²) in [6, 6.07) is 6.25. The molecule has 1 aliphatic rings. The van der Waals surface area contributed by atoms with Crippen molar-refractivity contribution in [2.45, 2.75) is 18.6 Å². The molecule has 1 unspecified atom stereocenters. The predicted molar refractivity (Wildman–Crippen MR) is 79.5 cm³/mol. The highest BCUT2D eigenvalue weighted by molar-refractivity contribution is 7.99. The number of carbonyl (C=O) groups excluding carboxylic acids is 1. The number of hydrogen-bond acceptors (Lipinski definition) is 3. The Kier molecular flexibility index (Phi) is 5.61. The Balaban J connectivity index is 1.70. The van der Waals surface area contributed by atoms with Gasteiger partial charge in [0.2, 0.25) is 5.91 Å². The number of likely N-dealkylation sites (tertiary alicyclic amines) is 1. The minimum atomic E-state index is -0.806. The second-order valence-electron chi connectivity index (χ2n) is 5.21. The lowest BCUT2D eigenvalue weighted by molar-refractivity contribution is -0.138. The number of benzene rings is 1. The van der Waals surface area contributed by atoms with Crippen molar-refractivity contribution in [2.75, 3.05) is 18.8 Å². The number of carboxylic acids is 1. The van der Waals surface area contributed by atoms with E-state index in [1.165, 1.54) is 23.9 Å². The Morgan fingerprint density at radius 2 is 2.05 bits per heavy atom. The van der Waals surface area contributed by atoms with Crippen LogP contribution in [0.2, 0.25) is 0 Å². The second-order valence-corrected chi connectivity index (χ2v) is 6.20. The van der Waals surface area contributed by atoms with Crippen LogP contribution < -0.4 is 0 Å². The molecule has 0 aliphatic carbocycles. The molecule has 1 saturated heterocycles. The number of thioether (sulfide) groups is 1. The van der Waals surface area contributed by atoms with Gasteiger partial charge in [0.05, 0.1) is 5.75 Å². The topological polar surface area (TPSA) is 57.6 Å². The third-order valence-corrected chi connectivity index (χ3v) is 4.50. The predicted octanol–water partition coefficient (Wildman–Crippen LogP) is 2.38. The molecule has 1 aliphatic heterocycles. The average Bonchev–Trinajstić information content (AvgIpc) is 2.88. The minimum Gasteiger partial charge on any atom is -0.481 e. The lowest BCUT2D eigenvalue weighted by Crippen LogP contribution is -2.30. The molecule has 1 fully saturated rings. The zero-order valence-corrected chi connectivity index (χ0v) is 12.4. The smallest absolute Gasteiger partial charge is 0.303 e. The Morgan fingerprint density at radius 1 is 1.33 bits per heavy atom. The molecule has 0 saturated carbocycles. The molecule has 0 radical (unpaired) electrons. The number of aliphatic carboxylic acids is 1. The van der Waals surface area contributed by atoms with E-state index in [1.54, 1.807) is 17.0 Å². The van der Waals surface area contributed by atoms with E-state index in [2.05, 4.69) is 0 Å². The SMILES string of the molecule is O=C(O)CC1CCN(C(=O)CSCc2ccc(F)cc2)C1. The summed E-state index contributed by atoms with van der Waals surface area (Å²) in [6.45, 7) is 1.19. The van der Waals surface area contributed by atoms with Crippen LogP contribution in [0.5, 0.6) is 0 Å². The first kappa shape index (κ1) is 15.8. The van der Waals surface area contributed by atoms with E-state index in [4.69, 9.17) is 5.11 Å². The molecule has 1 aromatic carbocycles. The zero-order valence-electron chi connectivity index (χ0n) is 11.6. The molecule has 0 bridgehead atoms. The number of nitrogens with zero attached hydrogens (tertiary/aromatic N) is 1. The summed E-state index contributed by atoms with van der Waals surface area (Å²) < 4.78 is 12.8. The van der Waals surface area contributed by atoms with Crippen LogP contribution in [0.15, 0.2) is 24.3 Å². The molecule has 0 spiro atoms. The maximum atomic E-state index is 12.8. The van der Waals surface area contributed by atoms with Crippen LogP contribution in [-0.2, 0) is 15.3 Å². The Labute approximate surface area is 127 Å². The van der Waals surface area contributed by atoms with Crippen LogP contribution in [0.3, 0.4) is 0 Å². The molecule has 1 aromatic rings. The van der Waals surface area contributed by atoms with Crippen LogP contribution in [0.4, 0.5) is 4.39 Å². The van der Waals surface area contributed by atoms with Crippen molar-refractivity contribution in [1.29, 1.82) is 0 Å². The molecule has 0 aromatic heterocycles. The van der Waals surface area contributed by atoms with Crippen LogP contribution in [0.25, 0.3) is 0 Å². The van der Waals surface area contributed by atoms with Crippen LogP contribution in [0.1, 0.15) is 18.4 Å². The Bertz CT molecular complexity index is 506. The molecular weight excluding hydrogens is 293 g/mol. The summed E-state index contributed by atoms with van der Waals surface area (Å²) >= 11 is 1.49. The molecule has 6 heteroatoms. The van der Waals surface area contributed by atoms with Gasteiger partial charge in [-0.05, 0) is 30.0 Å². The quantitative estimate of drug-likeness (QED) is 0.876. The van der Waals surface area contributed by atoms with E-state index in [1.807, 2.05) is 0 Å². The van der Waals surface area contributed by atoms with Crippen LogP contribution in [-0.4, -0.2) is 40.7 Å². The molecule has 21 heavy (non-hydrogen) atoms. The Morgan fingerprint density at radius 3 is 2.71 bits per heavy atom.